The van der Waals surface area contributed by atoms with E-state index in [2.05, 4.69) is 17.2 Å². The number of hydrogen-bond acceptors (Lipinski definition) is 4. The van der Waals surface area contributed by atoms with Crippen molar-refractivity contribution in [3.8, 4) is 0 Å². The van der Waals surface area contributed by atoms with Crippen LogP contribution in [0.25, 0.3) is 0 Å². The fourth-order valence-electron chi connectivity index (χ4n) is 1.83. The maximum atomic E-state index is 13.9. The van der Waals surface area contributed by atoms with E-state index in [1.165, 1.54) is 5.16 Å². The molecule has 0 aliphatic carbocycles. The van der Waals surface area contributed by atoms with Gasteiger partial charge in [-0.1, -0.05) is 0 Å². The molecule has 1 aromatic rings. The number of hydrogen-bond donors (Lipinski definition) is 2. The molecule has 0 bridgehead atoms. The first-order valence-electron chi connectivity index (χ1n) is 6.60. The Balaban J connectivity index is 3.85. The van der Waals surface area contributed by atoms with Crippen LogP contribution in [0.3, 0.4) is 0 Å². The molecule has 0 aliphatic heterocycles. The fraction of sp³-hybridized carbons (Fsp3) is 0.462. The zero-order chi connectivity index (χ0) is 23.3. The molecule has 164 valence electrons. The molecular formula is C13H5F12NO2S. The summed E-state index contributed by atoms with van der Waals surface area (Å²) in [7, 11) is 0. The third-order valence-electron chi connectivity index (χ3n) is 3.40. The molecule has 1 rings (SSSR count). The number of aliphatic hydroxyl groups is 2. The minimum absolute atomic E-state index is 0.264. The number of halogens is 12. The SMILES string of the molecule is OC(F)(C(F)(F)F)C(F)(F)c1cc(N=C=S)cc(C(F)(F)C(O)(F)C(F)(F)F)c1. The van der Waals surface area contributed by atoms with Gasteiger partial charge in [-0.05, 0) is 30.4 Å². The van der Waals surface area contributed by atoms with E-state index in [-0.39, 0.29) is 12.1 Å². The topological polar surface area (TPSA) is 52.8 Å². The lowest BCUT2D eigenvalue weighted by molar-refractivity contribution is -0.392. The van der Waals surface area contributed by atoms with Gasteiger partial charge in [0.1, 0.15) is 0 Å². The first-order valence-corrected chi connectivity index (χ1v) is 7.01. The van der Waals surface area contributed by atoms with Crippen LogP contribution < -0.4 is 0 Å². The van der Waals surface area contributed by atoms with Crippen molar-refractivity contribution in [2.45, 2.75) is 35.9 Å². The van der Waals surface area contributed by atoms with Gasteiger partial charge in [0.05, 0.1) is 10.8 Å². The third kappa shape index (κ3) is 4.06. The Morgan fingerprint density at radius 1 is 0.655 bits per heavy atom. The van der Waals surface area contributed by atoms with Crippen molar-refractivity contribution in [1.29, 1.82) is 0 Å². The van der Waals surface area contributed by atoms with E-state index in [0.29, 0.717) is 0 Å². The molecular weight excluding hydrogens is 462 g/mol. The van der Waals surface area contributed by atoms with Crippen LogP contribution in [0.2, 0.25) is 0 Å². The van der Waals surface area contributed by atoms with Gasteiger partial charge in [0.2, 0.25) is 0 Å². The summed E-state index contributed by atoms with van der Waals surface area (Å²) in [6, 6.07) is -1.41. The Morgan fingerprint density at radius 2 is 0.966 bits per heavy atom. The van der Waals surface area contributed by atoms with E-state index in [9.17, 15) is 52.7 Å². The summed E-state index contributed by atoms with van der Waals surface area (Å²) >= 11 is 3.97. The molecule has 0 amide bonds. The quantitative estimate of drug-likeness (QED) is 0.362. The molecule has 16 heteroatoms. The molecule has 0 aromatic heterocycles. The van der Waals surface area contributed by atoms with Crippen molar-refractivity contribution in [1.82, 2.24) is 0 Å². The summed E-state index contributed by atoms with van der Waals surface area (Å²) in [6.07, 6.45) is -13.4. The summed E-state index contributed by atoms with van der Waals surface area (Å²) in [6.45, 7) is 0. The van der Waals surface area contributed by atoms with Gasteiger partial charge in [0.25, 0.3) is 0 Å². The summed E-state index contributed by atoms with van der Waals surface area (Å²) < 4.78 is 157. The number of rotatable bonds is 5. The number of benzene rings is 1. The van der Waals surface area contributed by atoms with E-state index in [4.69, 9.17) is 10.2 Å². The second kappa shape index (κ2) is 7.11. The predicted octanol–water partition coefficient (Wildman–Crippen LogP) is 5.05. The molecule has 29 heavy (non-hydrogen) atoms. The molecule has 2 N–H and O–H groups in total. The zero-order valence-electron chi connectivity index (χ0n) is 13.0. The maximum absolute atomic E-state index is 13.9. The number of alkyl halides is 12. The lowest BCUT2D eigenvalue weighted by Gasteiger charge is -2.33. The van der Waals surface area contributed by atoms with Gasteiger partial charge in [-0.15, -0.1) is 0 Å². The lowest BCUT2D eigenvalue weighted by atomic mass is 9.93. The summed E-state index contributed by atoms with van der Waals surface area (Å²) in [5, 5.41) is 18.4. The minimum atomic E-state index is -6.70. The highest BCUT2D eigenvalue weighted by Crippen LogP contribution is 2.53. The van der Waals surface area contributed by atoms with Gasteiger partial charge in [0.15, 0.2) is 0 Å². The largest absolute Gasteiger partial charge is 0.455 e. The second-order valence-electron chi connectivity index (χ2n) is 5.36. The van der Waals surface area contributed by atoms with Crippen LogP contribution >= 0.6 is 12.2 Å². The van der Waals surface area contributed by atoms with Crippen molar-refractivity contribution < 1.29 is 62.9 Å². The molecule has 0 saturated carbocycles. The van der Waals surface area contributed by atoms with Crippen LogP contribution in [-0.4, -0.2) is 39.4 Å². The Labute approximate surface area is 157 Å². The molecule has 0 saturated heterocycles. The number of nitrogens with zero attached hydrogens (tertiary/aromatic N) is 1. The van der Waals surface area contributed by atoms with Gasteiger partial charge in [0, 0.05) is 11.1 Å². The van der Waals surface area contributed by atoms with Crippen molar-refractivity contribution in [3.05, 3.63) is 29.3 Å². The first-order chi connectivity index (χ1) is 12.6. The Hall–Kier alpha value is -1.90. The number of thiocarbonyl (C=S) groups is 1. The van der Waals surface area contributed by atoms with Crippen molar-refractivity contribution in [2.75, 3.05) is 0 Å². The van der Waals surface area contributed by atoms with Gasteiger partial charge in [-0.3, -0.25) is 0 Å². The highest BCUT2D eigenvalue weighted by molar-refractivity contribution is 7.78. The molecule has 0 spiro atoms. The van der Waals surface area contributed by atoms with Crippen molar-refractivity contribution in [3.63, 3.8) is 0 Å². The van der Waals surface area contributed by atoms with Crippen LogP contribution in [0.5, 0.6) is 0 Å². The van der Waals surface area contributed by atoms with Crippen LogP contribution in [0, 0.1) is 0 Å². The van der Waals surface area contributed by atoms with Crippen LogP contribution in [0.4, 0.5) is 58.4 Å². The summed E-state index contributed by atoms with van der Waals surface area (Å²) in [5.41, 5.74) is -6.32. The summed E-state index contributed by atoms with van der Waals surface area (Å²) in [5.74, 6) is -25.0. The van der Waals surface area contributed by atoms with E-state index in [1.54, 1.807) is 0 Å². The highest BCUT2D eigenvalue weighted by atomic mass is 32.1. The van der Waals surface area contributed by atoms with Crippen LogP contribution in [0.15, 0.2) is 23.2 Å². The Kier molecular flexibility index (Phi) is 6.16. The minimum Gasteiger partial charge on any atom is -0.350 e. The lowest BCUT2D eigenvalue weighted by Crippen LogP contribution is -2.54. The van der Waals surface area contributed by atoms with E-state index >= 15 is 0 Å². The van der Waals surface area contributed by atoms with E-state index in [1.807, 2.05) is 0 Å². The molecule has 0 fully saturated rings. The molecule has 1 aromatic carbocycles. The molecule has 0 aliphatic rings. The van der Waals surface area contributed by atoms with E-state index in [0.717, 1.165) is 0 Å². The second-order valence-corrected chi connectivity index (χ2v) is 5.54. The van der Waals surface area contributed by atoms with E-state index < -0.39 is 58.8 Å². The normalized spacial score (nSPS) is 17.9. The molecule has 0 heterocycles. The van der Waals surface area contributed by atoms with Crippen molar-refractivity contribution in [2.24, 2.45) is 4.99 Å². The fourth-order valence-corrected chi connectivity index (χ4v) is 1.93. The third-order valence-corrected chi connectivity index (χ3v) is 3.49. The zero-order valence-corrected chi connectivity index (χ0v) is 13.8. The number of isothiocyanates is 1. The average Bonchev–Trinajstić information content (AvgIpc) is 2.52. The molecule has 2 atom stereocenters. The summed E-state index contributed by atoms with van der Waals surface area (Å²) in [4.78, 5) is 2.77. The predicted molar refractivity (Wildman–Crippen MR) is 73.1 cm³/mol. The number of aliphatic imine (C=N–C) groups is 1. The smallest absolute Gasteiger partial charge is 0.350 e. The average molecular weight is 467 g/mol. The van der Waals surface area contributed by atoms with Gasteiger partial charge in [-0.25, -0.2) is 0 Å². The van der Waals surface area contributed by atoms with Crippen LogP contribution in [0.1, 0.15) is 11.1 Å². The Bertz CT molecular complexity index is 768. The molecule has 2 unspecified atom stereocenters. The van der Waals surface area contributed by atoms with Crippen molar-refractivity contribution >= 4 is 23.1 Å². The monoisotopic (exact) mass is 467 g/mol. The standard InChI is InChI=1S/C13H5F12NO2S/c14-8(15,10(18,27)12(20,21)22)5-1-6(3-7(2-5)26-4-29)9(16,17)11(19,28)13(23,24)25/h1-3,27-28H. The van der Waals surface area contributed by atoms with Gasteiger partial charge in [-0.2, -0.15) is 57.7 Å². The van der Waals surface area contributed by atoms with Gasteiger partial charge < -0.3 is 10.2 Å². The molecule has 0 radical (unpaired) electrons. The molecule has 3 nitrogen and oxygen atoms in total. The first kappa shape index (κ1) is 25.1. The highest BCUT2D eigenvalue weighted by Gasteiger charge is 2.73. The van der Waals surface area contributed by atoms with Crippen LogP contribution in [-0.2, 0) is 11.8 Å². The maximum Gasteiger partial charge on any atom is 0.455 e. The Morgan fingerprint density at radius 3 is 1.21 bits per heavy atom. The van der Waals surface area contributed by atoms with Gasteiger partial charge >= 0.3 is 35.9 Å².